The fourth-order valence-electron chi connectivity index (χ4n) is 3.27. The summed E-state index contributed by atoms with van der Waals surface area (Å²) in [6.07, 6.45) is -0.540. The van der Waals surface area contributed by atoms with Crippen LogP contribution in [0.5, 0.6) is 0 Å². The Morgan fingerprint density at radius 1 is 0.966 bits per heavy atom. The van der Waals surface area contributed by atoms with E-state index in [2.05, 4.69) is 10.2 Å². The molecule has 1 aliphatic heterocycles. The number of rotatable bonds is 5. The van der Waals surface area contributed by atoms with Crippen molar-refractivity contribution in [1.82, 2.24) is 4.90 Å². The van der Waals surface area contributed by atoms with Crippen LogP contribution in [0.3, 0.4) is 0 Å². The van der Waals surface area contributed by atoms with E-state index in [0.29, 0.717) is 43.0 Å². The Bertz CT molecular complexity index is 887. The molecule has 2 amide bonds. The molecule has 1 aliphatic rings. The number of piperazine rings is 1. The lowest BCUT2D eigenvalue weighted by Gasteiger charge is -2.36. The molecule has 0 radical (unpaired) electrons. The summed E-state index contributed by atoms with van der Waals surface area (Å²) in [4.78, 5) is 39.8. The number of ether oxygens (including phenoxy) is 1. The number of carbonyl (C=O) groups is 3. The standard InChI is InChI=1S/C22H25N3O4/c1-3-29-22(28)23-19-6-4-5-18(15-19)21(27)25-13-11-24(12-14-25)20-9-7-17(8-10-20)16(2)26/h4-10,15H,3,11-14H2,1-2H3,(H,23,28). The molecule has 1 heterocycles. The minimum Gasteiger partial charge on any atom is -0.450 e. The number of amides is 2. The van der Waals surface area contributed by atoms with Gasteiger partial charge in [0, 0.05) is 48.7 Å². The van der Waals surface area contributed by atoms with Crippen molar-refractivity contribution in [2.45, 2.75) is 13.8 Å². The van der Waals surface area contributed by atoms with Gasteiger partial charge in [0.1, 0.15) is 0 Å². The van der Waals surface area contributed by atoms with Crippen LogP contribution in [-0.2, 0) is 4.74 Å². The second kappa shape index (κ2) is 9.23. The highest BCUT2D eigenvalue weighted by Crippen LogP contribution is 2.19. The van der Waals surface area contributed by atoms with Crippen molar-refractivity contribution in [1.29, 1.82) is 0 Å². The predicted octanol–water partition coefficient (Wildman–Crippen LogP) is 3.42. The summed E-state index contributed by atoms with van der Waals surface area (Å²) in [5.74, 6) is -0.0178. The maximum absolute atomic E-state index is 12.9. The van der Waals surface area contributed by atoms with E-state index < -0.39 is 6.09 Å². The Kier molecular flexibility index (Phi) is 6.49. The first kappa shape index (κ1) is 20.4. The molecule has 7 nitrogen and oxygen atoms in total. The highest BCUT2D eigenvalue weighted by Gasteiger charge is 2.22. The maximum atomic E-state index is 12.9. The van der Waals surface area contributed by atoms with E-state index in [0.717, 1.165) is 5.69 Å². The lowest BCUT2D eigenvalue weighted by atomic mass is 10.1. The van der Waals surface area contributed by atoms with Crippen LogP contribution in [-0.4, -0.2) is 55.5 Å². The third-order valence-corrected chi connectivity index (χ3v) is 4.84. The van der Waals surface area contributed by atoms with E-state index in [4.69, 9.17) is 4.74 Å². The number of hydrogen-bond acceptors (Lipinski definition) is 5. The van der Waals surface area contributed by atoms with Crippen LogP contribution in [0.15, 0.2) is 48.5 Å². The molecule has 0 bridgehead atoms. The lowest BCUT2D eigenvalue weighted by Crippen LogP contribution is -2.48. The van der Waals surface area contributed by atoms with Gasteiger partial charge in [-0.15, -0.1) is 0 Å². The van der Waals surface area contributed by atoms with Crippen molar-refractivity contribution in [2.24, 2.45) is 0 Å². The van der Waals surface area contributed by atoms with Crippen molar-refractivity contribution in [3.63, 3.8) is 0 Å². The fourth-order valence-corrected chi connectivity index (χ4v) is 3.27. The molecule has 2 aromatic rings. The average Bonchev–Trinajstić information content (AvgIpc) is 2.74. The molecule has 0 aromatic heterocycles. The number of benzene rings is 2. The molecule has 1 fully saturated rings. The smallest absolute Gasteiger partial charge is 0.411 e. The van der Waals surface area contributed by atoms with Gasteiger partial charge in [-0.2, -0.15) is 0 Å². The van der Waals surface area contributed by atoms with E-state index in [1.54, 1.807) is 38.1 Å². The van der Waals surface area contributed by atoms with Gasteiger partial charge in [-0.3, -0.25) is 14.9 Å². The van der Waals surface area contributed by atoms with Gasteiger partial charge in [0.25, 0.3) is 5.91 Å². The predicted molar refractivity (Wildman–Crippen MR) is 112 cm³/mol. The topological polar surface area (TPSA) is 79.0 Å². The summed E-state index contributed by atoms with van der Waals surface area (Å²) in [5, 5.41) is 2.62. The number of hydrogen-bond donors (Lipinski definition) is 1. The third-order valence-electron chi connectivity index (χ3n) is 4.84. The first-order chi connectivity index (χ1) is 14.0. The molecule has 1 saturated heterocycles. The highest BCUT2D eigenvalue weighted by molar-refractivity contribution is 5.96. The van der Waals surface area contributed by atoms with Crippen molar-refractivity contribution < 1.29 is 19.1 Å². The summed E-state index contributed by atoms with van der Waals surface area (Å²) in [5.41, 5.74) is 2.79. The molecular formula is C22H25N3O4. The van der Waals surface area contributed by atoms with E-state index in [1.165, 1.54) is 0 Å². The molecule has 2 aromatic carbocycles. The van der Waals surface area contributed by atoms with E-state index in [-0.39, 0.29) is 18.3 Å². The van der Waals surface area contributed by atoms with Crippen molar-refractivity contribution >= 4 is 29.2 Å². The Hall–Kier alpha value is -3.35. The van der Waals surface area contributed by atoms with Gasteiger partial charge in [-0.05, 0) is 56.3 Å². The summed E-state index contributed by atoms with van der Waals surface area (Å²) >= 11 is 0. The largest absolute Gasteiger partial charge is 0.450 e. The zero-order valence-electron chi connectivity index (χ0n) is 16.7. The van der Waals surface area contributed by atoms with Crippen LogP contribution in [0.2, 0.25) is 0 Å². The van der Waals surface area contributed by atoms with Crippen LogP contribution in [0.1, 0.15) is 34.6 Å². The zero-order valence-corrected chi connectivity index (χ0v) is 16.7. The van der Waals surface area contributed by atoms with Gasteiger partial charge in [0.2, 0.25) is 0 Å². The molecule has 0 saturated carbocycles. The van der Waals surface area contributed by atoms with Crippen LogP contribution in [0.25, 0.3) is 0 Å². The molecule has 0 atom stereocenters. The Morgan fingerprint density at radius 2 is 1.66 bits per heavy atom. The lowest BCUT2D eigenvalue weighted by molar-refractivity contribution is 0.0746. The first-order valence-electron chi connectivity index (χ1n) is 9.67. The SMILES string of the molecule is CCOC(=O)Nc1cccc(C(=O)N2CCN(c3ccc(C(C)=O)cc3)CC2)c1. The summed E-state index contributed by atoms with van der Waals surface area (Å²) in [6, 6.07) is 14.4. The highest BCUT2D eigenvalue weighted by atomic mass is 16.5. The number of Topliss-reactive ketones (excluding diaryl/α,β-unsaturated/α-hetero) is 1. The van der Waals surface area contributed by atoms with Crippen molar-refractivity contribution in [3.05, 3.63) is 59.7 Å². The molecule has 7 heteroatoms. The molecule has 1 N–H and O–H groups in total. The van der Waals surface area contributed by atoms with Gasteiger partial charge in [0.15, 0.2) is 5.78 Å². The van der Waals surface area contributed by atoms with Crippen molar-refractivity contribution in [3.8, 4) is 0 Å². The third kappa shape index (κ3) is 5.13. The molecule has 0 aliphatic carbocycles. The van der Waals surface area contributed by atoms with Crippen LogP contribution >= 0.6 is 0 Å². The number of anilines is 2. The van der Waals surface area contributed by atoms with Gasteiger partial charge in [-0.25, -0.2) is 4.79 Å². The number of carbonyl (C=O) groups excluding carboxylic acids is 3. The average molecular weight is 395 g/mol. The van der Waals surface area contributed by atoms with Crippen LogP contribution in [0, 0.1) is 0 Å². The summed E-state index contributed by atoms with van der Waals surface area (Å²) in [6.45, 7) is 6.20. The normalized spacial score (nSPS) is 13.7. The molecule has 0 unspecified atom stereocenters. The van der Waals surface area contributed by atoms with Gasteiger partial charge >= 0.3 is 6.09 Å². The van der Waals surface area contributed by atoms with Crippen molar-refractivity contribution in [2.75, 3.05) is 43.0 Å². The minimum absolute atomic E-state index is 0.0478. The Labute approximate surface area is 170 Å². The Morgan fingerprint density at radius 3 is 2.28 bits per heavy atom. The molecule has 152 valence electrons. The van der Waals surface area contributed by atoms with E-state index in [9.17, 15) is 14.4 Å². The Balaban J connectivity index is 1.60. The monoisotopic (exact) mass is 395 g/mol. The number of ketones is 1. The molecule has 0 spiro atoms. The summed E-state index contributed by atoms with van der Waals surface area (Å²) in [7, 11) is 0. The molecular weight excluding hydrogens is 370 g/mol. The maximum Gasteiger partial charge on any atom is 0.411 e. The number of nitrogens with zero attached hydrogens (tertiary/aromatic N) is 2. The number of nitrogens with one attached hydrogen (secondary N) is 1. The fraction of sp³-hybridized carbons (Fsp3) is 0.318. The summed E-state index contributed by atoms with van der Waals surface area (Å²) < 4.78 is 4.87. The molecule has 29 heavy (non-hydrogen) atoms. The first-order valence-corrected chi connectivity index (χ1v) is 9.67. The van der Waals surface area contributed by atoms with Crippen LogP contribution < -0.4 is 10.2 Å². The van der Waals surface area contributed by atoms with E-state index in [1.807, 2.05) is 29.2 Å². The van der Waals surface area contributed by atoms with Crippen LogP contribution in [0.4, 0.5) is 16.2 Å². The minimum atomic E-state index is -0.540. The second-order valence-electron chi connectivity index (χ2n) is 6.81. The van der Waals surface area contributed by atoms with Gasteiger partial charge in [0.05, 0.1) is 6.61 Å². The molecule has 3 rings (SSSR count). The van der Waals surface area contributed by atoms with Gasteiger partial charge < -0.3 is 14.5 Å². The second-order valence-corrected chi connectivity index (χ2v) is 6.81. The van der Waals surface area contributed by atoms with Gasteiger partial charge in [-0.1, -0.05) is 6.07 Å². The zero-order chi connectivity index (χ0) is 20.8. The van der Waals surface area contributed by atoms with E-state index >= 15 is 0 Å². The quantitative estimate of drug-likeness (QED) is 0.785.